The second kappa shape index (κ2) is 7.95. The fourth-order valence-corrected chi connectivity index (χ4v) is 3.70. The summed E-state index contributed by atoms with van der Waals surface area (Å²) >= 11 is 1.32. The topological polar surface area (TPSA) is 93.3 Å². The molecule has 0 saturated carbocycles. The zero-order valence-electron chi connectivity index (χ0n) is 15.6. The summed E-state index contributed by atoms with van der Waals surface area (Å²) in [6, 6.07) is 3.28. The van der Waals surface area contributed by atoms with Gasteiger partial charge in [-0.05, 0) is 13.0 Å². The molecule has 3 rings (SSSR count). The molecule has 1 saturated heterocycles. The van der Waals surface area contributed by atoms with Crippen LogP contribution in [-0.2, 0) is 18.9 Å². The van der Waals surface area contributed by atoms with E-state index in [-0.39, 0.29) is 22.9 Å². The number of carbonyl (C=O) groups excluding carboxylic acids is 1. The number of hydrogen-bond donors (Lipinski definition) is 0. The first-order valence-electron chi connectivity index (χ1n) is 8.59. The van der Waals surface area contributed by atoms with Gasteiger partial charge in [-0.3, -0.25) is 18.7 Å². The predicted molar refractivity (Wildman–Crippen MR) is 103 cm³/mol. The number of aromatic nitrogens is 4. The molecule has 10 heteroatoms. The molecule has 0 spiro atoms. The molecule has 0 bridgehead atoms. The van der Waals surface area contributed by atoms with Crippen LogP contribution in [0.2, 0.25) is 0 Å². The SMILES string of the molecule is Cc1ccnc(SCC(=O)N2CCN(c3cc(=O)n(C)c(=O)n3C)CC2)n1. The molecule has 0 aromatic carbocycles. The third-order valence-electron chi connectivity index (χ3n) is 4.55. The van der Waals surface area contributed by atoms with E-state index >= 15 is 0 Å². The minimum absolute atomic E-state index is 0.0302. The molecular weight excluding hydrogens is 368 g/mol. The number of piperazine rings is 1. The monoisotopic (exact) mass is 390 g/mol. The lowest BCUT2D eigenvalue weighted by Gasteiger charge is -2.36. The van der Waals surface area contributed by atoms with Gasteiger partial charge in [0.25, 0.3) is 5.56 Å². The molecule has 0 aliphatic carbocycles. The van der Waals surface area contributed by atoms with Crippen molar-refractivity contribution in [2.45, 2.75) is 12.1 Å². The highest BCUT2D eigenvalue weighted by atomic mass is 32.2. The van der Waals surface area contributed by atoms with E-state index in [1.54, 1.807) is 18.1 Å². The fourth-order valence-electron chi connectivity index (χ4n) is 2.92. The van der Waals surface area contributed by atoms with Crippen molar-refractivity contribution in [3.63, 3.8) is 0 Å². The Bertz CT molecular complexity index is 962. The van der Waals surface area contributed by atoms with Crippen LogP contribution in [0.25, 0.3) is 0 Å². The van der Waals surface area contributed by atoms with Gasteiger partial charge in [-0.2, -0.15) is 0 Å². The van der Waals surface area contributed by atoms with E-state index in [2.05, 4.69) is 9.97 Å². The second-order valence-electron chi connectivity index (χ2n) is 6.38. The molecule has 0 atom stereocenters. The van der Waals surface area contributed by atoms with Gasteiger partial charge in [0, 0.05) is 58.2 Å². The van der Waals surface area contributed by atoms with E-state index in [1.165, 1.54) is 29.4 Å². The van der Waals surface area contributed by atoms with Gasteiger partial charge in [-0.15, -0.1) is 0 Å². The molecule has 0 N–H and O–H groups in total. The van der Waals surface area contributed by atoms with Gasteiger partial charge in [0.15, 0.2) is 5.16 Å². The van der Waals surface area contributed by atoms with Crippen LogP contribution in [0, 0.1) is 6.92 Å². The van der Waals surface area contributed by atoms with Crippen molar-refractivity contribution in [3.8, 4) is 0 Å². The first kappa shape index (κ1) is 19.2. The average molecular weight is 390 g/mol. The molecule has 3 heterocycles. The summed E-state index contributed by atoms with van der Waals surface area (Å²) in [7, 11) is 3.10. The maximum absolute atomic E-state index is 12.4. The van der Waals surface area contributed by atoms with E-state index in [0.717, 1.165) is 10.3 Å². The summed E-state index contributed by atoms with van der Waals surface area (Å²) in [5.41, 5.74) is 0.180. The number of aryl methyl sites for hydroxylation is 1. The van der Waals surface area contributed by atoms with Crippen molar-refractivity contribution in [3.05, 3.63) is 44.9 Å². The molecule has 9 nitrogen and oxygen atoms in total. The van der Waals surface area contributed by atoms with Gasteiger partial charge in [0.2, 0.25) is 5.91 Å². The van der Waals surface area contributed by atoms with Crippen LogP contribution < -0.4 is 16.1 Å². The van der Waals surface area contributed by atoms with Crippen LogP contribution in [0.1, 0.15) is 5.69 Å². The predicted octanol–water partition coefficient (Wildman–Crippen LogP) is -0.377. The van der Waals surface area contributed by atoms with Crippen molar-refractivity contribution in [1.29, 1.82) is 0 Å². The molecular formula is C17H22N6O3S. The van der Waals surface area contributed by atoms with Gasteiger partial charge in [0.05, 0.1) is 5.75 Å². The second-order valence-corrected chi connectivity index (χ2v) is 7.32. The Kier molecular flexibility index (Phi) is 5.64. The van der Waals surface area contributed by atoms with Gasteiger partial charge in [0.1, 0.15) is 5.82 Å². The molecule has 1 aliphatic heterocycles. The Morgan fingerprint density at radius 1 is 1.15 bits per heavy atom. The van der Waals surface area contributed by atoms with Crippen LogP contribution in [0.3, 0.4) is 0 Å². The van der Waals surface area contributed by atoms with Crippen molar-refractivity contribution in [2.75, 3.05) is 36.8 Å². The lowest BCUT2D eigenvalue weighted by molar-refractivity contribution is -0.128. The number of amides is 1. The summed E-state index contributed by atoms with van der Waals surface area (Å²) in [5, 5.41) is 0.595. The van der Waals surface area contributed by atoms with Crippen molar-refractivity contribution < 1.29 is 4.79 Å². The summed E-state index contributed by atoms with van der Waals surface area (Å²) in [6.07, 6.45) is 1.68. The lowest BCUT2D eigenvalue weighted by atomic mass is 10.3. The van der Waals surface area contributed by atoms with Crippen LogP contribution in [0.4, 0.5) is 5.82 Å². The summed E-state index contributed by atoms with van der Waals surface area (Å²) < 4.78 is 2.54. The maximum atomic E-state index is 12.4. The van der Waals surface area contributed by atoms with E-state index in [9.17, 15) is 14.4 Å². The Morgan fingerprint density at radius 3 is 2.52 bits per heavy atom. The van der Waals surface area contributed by atoms with Crippen LogP contribution in [0.15, 0.2) is 33.1 Å². The van der Waals surface area contributed by atoms with E-state index in [4.69, 9.17) is 0 Å². The standard InChI is InChI=1S/C17H22N6O3S/c1-12-4-5-18-16(19-12)27-11-15(25)23-8-6-22(7-9-23)13-10-14(24)21(3)17(26)20(13)2/h4-5,10H,6-9,11H2,1-3H3. The Morgan fingerprint density at radius 2 is 1.85 bits per heavy atom. The first-order chi connectivity index (χ1) is 12.9. The minimum atomic E-state index is -0.356. The zero-order valence-corrected chi connectivity index (χ0v) is 16.4. The third kappa shape index (κ3) is 4.21. The molecule has 2 aromatic rings. The molecule has 1 fully saturated rings. The van der Waals surface area contributed by atoms with Gasteiger partial charge in [-0.25, -0.2) is 14.8 Å². The third-order valence-corrected chi connectivity index (χ3v) is 5.40. The highest BCUT2D eigenvalue weighted by Crippen LogP contribution is 2.16. The number of anilines is 1. The summed E-state index contributed by atoms with van der Waals surface area (Å²) in [5.74, 6) is 0.897. The highest BCUT2D eigenvalue weighted by molar-refractivity contribution is 7.99. The smallest absolute Gasteiger partial charge is 0.332 e. The molecule has 2 aromatic heterocycles. The molecule has 144 valence electrons. The van der Waals surface area contributed by atoms with Gasteiger partial charge < -0.3 is 9.80 Å². The Hall–Kier alpha value is -2.62. The Balaban J connectivity index is 1.60. The van der Waals surface area contributed by atoms with Crippen molar-refractivity contribution in [1.82, 2.24) is 24.0 Å². The highest BCUT2D eigenvalue weighted by Gasteiger charge is 2.23. The number of thioether (sulfide) groups is 1. The molecule has 1 aliphatic rings. The van der Waals surface area contributed by atoms with Gasteiger partial charge >= 0.3 is 5.69 Å². The lowest BCUT2D eigenvalue weighted by Crippen LogP contribution is -2.51. The van der Waals surface area contributed by atoms with Crippen LogP contribution >= 0.6 is 11.8 Å². The average Bonchev–Trinajstić information content (AvgIpc) is 2.67. The van der Waals surface area contributed by atoms with Crippen molar-refractivity contribution >= 4 is 23.5 Å². The van der Waals surface area contributed by atoms with Crippen LogP contribution in [-0.4, -0.2) is 61.8 Å². The number of carbonyl (C=O) groups is 1. The summed E-state index contributed by atoms with van der Waals surface area (Å²) in [6.45, 7) is 4.10. The number of rotatable bonds is 4. The number of nitrogens with zero attached hydrogens (tertiary/aromatic N) is 6. The van der Waals surface area contributed by atoms with Gasteiger partial charge in [-0.1, -0.05) is 11.8 Å². The Labute approximate surface area is 160 Å². The normalized spacial score (nSPS) is 14.5. The van der Waals surface area contributed by atoms with Crippen molar-refractivity contribution in [2.24, 2.45) is 14.1 Å². The molecule has 1 amide bonds. The van der Waals surface area contributed by atoms with E-state index < -0.39 is 0 Å². The van der Waals surface area contributed by atoms with E-state index in [1.807, 2.05) is 17.9 Å². The zero-order chi connectivity index (χ0) is 19.6. The fraction of sp³-hybridized carbons (Fsp3) is 0.471. The first-order valence-corrected chi connectivity index (χ1v) is 9.57. The maximum Gasteiger partial charge on any atom is 0.332 e. The van der Waals surface area contributed by atoms with Crippen LogP contribution in [0.5, 0.6) is 0 Å². The largest absolute Gasteiger partial charge is 0.354 e. The molecule has 27 heavy (non-hydrogen) atoms. The minimum Gasteiger partial charge on any atom is -0.354 e. The molecule has 0 radical (unpaired) electrons. The molecule has 0 unspecified atom stereocenters. The van der Waals surface area contributed by atoms with E-state index in [0.29, 0.717) is 37.2 Å². The quantitative estimate of drug-likeness (QED) is 0.519. The summed E-state index contributed by atoms with van der Waals surface area (Å²) in [4.78, 5) is 48.6. The number of hydrogen-bond acceptors (Lipinski definition) is 7.